The van der Waals surface area contributed by atoms with Gasteiger partial charge in [-0.15, -0.1) is 11.3 Å². The number of hydrogen-bond donors (Lipinski definition) is 1. The summed E-state index contributed by atoms with van der Waals surface area (Å²) in [6.07, 6.45) is 0.745. The van der Waals surface area contributed by atoms with Gasteiger partial charge in [-0.05, 0) is 35.6 Å². The molecule has 1 N–H and O–H groups in total. The third-order valence-electron chi connectivity index (χ3n) is 4.32. The second-order valence-corrected chi connectivity index (χ2v) is 6.82. The third kappa shape index (κ3) is 2.81. The molecule has 120 valence electrons. The quantitative estimate of drug-likeness (QED) is 0.759. The van der Waals surface area contributed by atoms with Gasteiger partial charge >= 0.3 is 0 Å². The molecule has 1 aromatic heterocycles. The van der Waals surface area contributed by atoms with E-state index in [1.54, 1.807) is 11.3 Å². The topological polar surface area (TPSA) is 32.3 Å². The van der Waals surface area contributed by atoms with E-state index in [0.717, 1.165) is 22.5 Å². The molecule has 0 saturated carbocycles. The largest absolute Gasteiger partial charge is 0.360 e. The first-order valence-corrected chi connectivity index (χ1v) is 8.95. The second-order valence-electron chi connectivity index (χ2n) is 5.84. The fraction of sp³-hybridized carbons (Fsp3) is 0.150. The highest BCUT2D eigenvalue weighted by atomic mass is 32.1. The van der Waals surface area contributed by atoms with Crippen LogP contribution in [0.25, 0.3) is 0 Å². The lowest BCUT2D eigenvalue weighted by Gasteiger charge is -2.37. The number of carbonyl (C=O) groups is 1. The van der Waals surface area contributed by atoms with Crippen molar-refractivity contribution in [3.63, 3.8) is 0 Å². The normalized spacial score (nSPS) is 16.6. The van der Waals surface area contributed by atoms with Crippen molar-refractivity contribution in [2.45, 2.75) is 12.6 Å². The monoisotopic (exact) mass is 334 g/mol. The molecule has 0 unspecified atom stereocenters. The molecule has 1 amide bonds. The van der Waals surface area contributed by atoms with Gasteiger partial charge in [-0.1, -0.05) is 48.5 Å². The summed E-state index contributed by atoms with van der Waals surface area (Å²) < 4.78 is 0. The number of hydrogen-bond acceptors (Lipinski definition) is 3. The van der Waals surface area contributed by atoms with E-state index in [9.17, 15) is 4.79 Å². The van der Waals surface area contributed by atoms with Gasteiger partial charge in [0.05, 0.1) is 5.56 Å². The fourth-order valence-corrected chi connectivity index (χ4v) is 3.88. The Morgan fingerprint density at radius 1 is 0.958 bits per heavy atom. The smallest absolute Gasteiger partial charge is 0.257 e. The van der Waals surface area contributed by atoms with Gasteiger partial charge in [0.1, 0.15) is 6.17 Å². The molecule has 4 rings (SSSR count). The van der Waals surface area contributed by atoms with E-state index < -0.39 is 0 Å². The molecule has 3 aromatic rings. The molecule has 1 aliphatic heterocycles. The number of para-hydroxylation sites is 1. The Kier molecular flexibility index (Phi) is 4.05. The second kappa shape index (κ2) is 6.49. The number of carbonyl (C=O) groups excluding carboxylic acids is 1. The molecule has 0 spiro atoms. The number of amides is 1. The van der Waals surface area contributed by atoms with Crippen molar-refractivity contribution in [2.24, 2.45) is 0 Å². The Hall–Kier alpha value is -2.59. The van der Waals surface area contributed by atoms with Gasteiger partial charge in [-0.3, -0.25) is 4.79 Å². The van der Waals surface area contributed by atoms with Crippen molar-refractivity contribution in [1.82, 2.24) is 4.90 Å². The number of fused-ring (bicyclic) bond motifs is 1. The van der Waals surface area contributed by atoms with Crippen LogP contribution in [0.2, 0.25) is 0 Å². The van der Waals surface area contributed by atoms with E-state index in [1.807, 2.05) is 53.4 Å². The Balaban J connectivity index is 1.64. The molecular weight excluding hydrogens is 316 g/mol. The van der Waals surface area contributed by atoms with Crippen molar-refractivity contribution in [3.05, 3.63) is 88.1 Å². The van der Waals surface area contributed by atoms with Gasteiger partial charge in [0.25, 0.3) is 5.91 Å². The predicted molar refractivity (Wildman–Crippen MR) is 98.3 cm³/mol. The van der Waals surface area contributed by atoms with Gasteiger partial charge in [-0.25, -0.2) is 0 Å². The number of anilines is 1. The summed E-state index contributed by atoms with van der Waals surface area (Å²) in [5.41, 5.74) is 2.91. The van der Waals surface area contributed by atoms with Gasteiger partial charge < -0.3 is 10.2 Å². The lowest BCUT2D eigenvalue weighted by atomic mass is 10.1. The molecule has 2 aromatic carbocycles. The maximum Gasteiger partial charge on any atom is 0.257 e. The molecule has 0 bridgehead atoms. The standard InChI is InChI=1S/C20H18N2OS/c23-20-16-9-4-5-10-17(16)21-19(18-11-6-14-24-18)22(20)13-12-15-7-2-1-3-8-15/h1-11,14,19,21H,12-13H2/t19-/m1/s1. The first kappa shape index (κ1) is 15.0. The van der Waals surface area contributed by atoms with E-state index in [2.05, 4.69) is 28.9 Å². The summed E-state index contributed by atoms with van der Waals surface area (Å²) in [5.74, 6) is 0.0960. The van der Waals surface area contributed by atoms with Crippen LogP contribution in [0.1, 0.15) is 27.0 Å². The Labute approximate surface area is 145 Å². The minimum absolute atomic E-state index is 0.0960. The molecular formula is C20H18N2OS. The third-order valence-corrected chi connectivity index (χ3v) is 5.24. The zero-order valence-electron chi connectivity index (χ0n) is 13.2. The van der Waals surface area contributed by atoms with Crippen molar-refractivity contribution < 1.29 is 4.79 Å². The number of nitrogens with zero attached hydrogens (tertiary/aromatic N) is 1. The average Bonchev–Trinajstić information content (AvgIpc) is 3.16. The number of rotatable bonds is 4. The van der Waals surface area contributed by atoms with Crippen LogP contribution in [-0.2, 0) is 6.42 Å². The maximum absolute atomic E-state index is 13.0. The van der Waals surface area contributed by atoms with Gasteiger partial charge in [0.2, 0.25) is 0 Å². The van der Waals surface area contributed by atoms with Crippen molar-refractivity contribution >= 4 is 22.9 Å². The van der Waals surface area contributed by atoms with Crippen LogP contribution < -0.4 is 5.32 Å². The number of nitrogens with one attached hydrogen (secondary N) is 1. The molecule has 4 heteroatoms. The first-order chi connectivity index (χ1) is 11.8. The summed E-state index contributed by atoms with van der Waals surface area (Å²) in [7, 11) is 0. The zero-order valence-corrected chi connectivity index (χ0v) is 14.0. The van der Waals surface area contributed by atoms with Gasteiger partial charge in [-0.2, -0.15) is 0 Å². The summed E-state index contributed by atoms with van der Waals surface area (Å²) in [5, 5.41) is 5.58. The molecule has 1 aliphatic rings. The van der Waals surface area contributed by atoms with Crippen LogP contribution in [0, 0.1) is 0 Å². The van der Waals surface area contributed by atoms with Crippen molar-refractivity contribution in [1.29, 1.82) is 0 Å². The summed E-state index contributed by atoms with van der Waals surface area (Å²) in [6.45, 7) is 0.687. The van der Waals surface area contributed by atoms with Gasteiger partial charge in [0.15, 0.2) is 0 Å². The van der Waals surface area contributed by atoms with E-state index in [1.165, 1.54) is 5.56 Å². The van der Waals surface area contributed by atoms with E-state index in [4.69, 9.17) is 0 Å². The van der Waals surface area contributed by atoms with Crippen LogP contribution in [-0.4, -0.2) is 17.4 Å². The van der Waals surface area contributed by atoms with Crippen molar-refractivity contribution in [3.8, 4) is 0 Å². The Morgan fingerprint density at radius 2 is 1.75 bits per heavy atom. The highest BCUT2D eigenvalue weighted by Crippen LogP contribution is 2.34. The lowest BCUT2D eigenvalue weighted by molar-refractivity contribution is 0.0688. The SMILES string of the molecule is O=C1c2ccccc2N[C@@H](c2cccs2)N1CCc1ccccc1. The number of benzene rings is 2. The lowest BCUT2D eigenvalue weighted by Crippen LogP contribution is -2.43. The summed E-state index contributed by atoms with van der Waals surface area (Å²) in [6, 6.07) is 22.2. The van der Waals surface area contributed by atoms with Crippen LogP contribution in [0.15, 0.2) is 72.1 Å². The zero-order chi connectivity index (χ0) is 16.4. The first-order valence-electron chi connectivity index (χ1n) is 8.07. The summed E-state index contributed by atoms with van der Waals surface area (Å²) in [4.78, 5) is 16.1. The molecule has 0 aliphatic carbocycles. The molecule has 3 nitrogen and oxygen atoms in total. The Bertz CT molecular complexity index is 830. The van der Waals surface area contributed by atoms with E-state index in [0.29, 0.717) is 6.54 Å². The average molecular weight is 334 g/mol. The molecule has 1 atom stereocenters. The van der Waals surface area contributed by atoms with E-state index >= 15 is 0 Å². The van der Waals surface area contributed by atoms with Gasteiger partial charge in [0, 0.05) is 17.1 Å². The number of thiophene rings is 1. The van der Waals surface area contributed by atoms with Crippen LogP contribution in [0.5, 0.6) is 0 Å². The predicted octanol–water partition coefficient (Wildman–Crippen LogP) is 4.56. The van der Waals surface area contributed by atoms with Crippen LogP contribution in [0.4, 0.5) is 5.69 Å². The molecule has 0 radical (unpaired) electrons. The highest BCUT2D eigenvalue weighted by molar-refractivity contribution is 7.10. The minimum atomic E-state index is -0.101. The molecule has 0 saturated heterocycles. The van der Waals surface area contributed by atoms with Crippen LogP contribution >= 0.6 is 11.3 Å². The van der Waals surface area contributed by atoms with Crippen LogP contribution in [0.3, 0.4) is 0 Å². The van der Waals surface area contributed by atoms with Crippen molar-refractivity contribution in [2.75, 3.05) is 11.9 Å². The Morgan fingerprint density at radius 3 is 2.54 bits per heavy atom. The molecule has 2 heterocycles. The fourth-order valence-electron chi connectivity index (χ4n) is 3.09. The molecule has 0 fully saturated rings. The highest BCUT2D eigenvalue weighted by Gasteiger charge is 2.32. The summed E-state index contributed by atoms with van der Waals surface area (Å²) >= 11 is 1.68. The van der Waals surface area contributed by atoms with E-state index in [-0.39, 0.29) is 12.1 Å². The maximum atomic E-state index is 13.0. The minimum Gasteiger partial charge on any atom is -0.360 e. The molecule has 24 heavy (non-hydrogen) atoms.